The number of benzene rings is 1. The summed E-state index contributed by atoms with van der Waals surface area (Å²) in [6.45, 7) is 1.63. The lowest BCUT2D eigenvalue weighted by Crippen LogP contribution is -2.39. The van der Waals surface area contributed by atoms with E-state index in [2.05, 4.69) is 22.4 Å². The average molecular weight is 483 g/mol. The number of carbonyl (C=O) groups excluding carboxylic acids is 3. The lowest BCUT2D eigenvalue weighted by atomic mass is 10.00. The third-order valence-corrected chi connectivity index (χ3v) is 6.34. The summed E-state index contributed by atoms with van der Waals surface area (Å²) in [5, 5.41) is 4.86. The van der Waals surface area contributed by atoms with Crippen LogP contribution >= 0.6 is 11.3 Å². The lowest BCUT2D eigenvalue weighted by Gasteiger charge is -2.28. The third-order valence-electron chi connectivity index (χ3n) is 5.53. The number of furan rings is 1. The van der Waals surface area contributed by atoms with Gasteiger partial charge in [-0.25, -0.2) is 4.98 Å². The zero-order valence-corrected chi connectivity index (χ0v) is 19.7. The number of anilines is 1. The molecule has 34 heavy (non-hydrogen) atoms. The lowest BCUT2D eigenvalue weighted by molar-refractivity contribution is -0.131. The van der Waals surface area contributed by atoms with Crippen molar-refractivity contribution in [2.45, 2.75) is 19.4 Å². The molecule has 9 nitrogen and oxygen atoms in total. The number of thiazole rings is 1. The molecule has 0 unspecified atom stereocenters. The summed E-state index contributed by atoms with van der Waals surface area (Å²) in [5.41, 5.74) is 3.07. The molecule has 3 heterocycles. The van der Waals surface area contributed by atoms with E-state index in [-0.39, 0.29) is 37.8 Å². The number of fused-ring (bicyclic) bond motifs is 1. The maximum atomic E-state index is 12.8. The van der Waals surface area contributed by atoms with E-state index in [1.807, 2.05) is 17.0 Å². The van der Waals surface area contributed by atoms with E-state index in [4.69, 9.17) is 9.15 Å². The van der Waals surface area contributed by atoms with Crippen molar-refractivity contribution in [3.05, 3.63) is 70.6 Å². The van der Waals surface area contributed by atoms with Gasteiger partial charge in [-0.15, -0.1) is 11.3 Å². The first-order valence-electron chi connectivity index (χ1n) is 10.9. The van der Waals surface area contributed by atoms with Gasteiger partial charge in [0.25, 0.3) is 5.91 Å². The van der Waals surface area contributed by atoms with E-state index in [0.29, 0.717) is 23.9 Å². The van der Waals surface area contributed by atoms with Gasteiger partial charge in [-0.1, -0.05) is 24.3 Å². The molecule has 0 fully saturated rings. The third kappa shape index (κ3) is 5.89. The minimum absolute atomic E-state index is 0.00691. The van der Waals surface area contributed by atoms with Crippen molar-refractivity contribution in [1.82, 2.24) is 14.8 Å². The average Bonchev–Trinajstić information content (AvgIpc) is 3.53. The van der Waals surface area contributed by atoms with Gasteiger partial charge in [0.05, 0.1) is 25.0 Å². The van der Waals surface area contributed by atoms with Crippen LogP contribution in [0.1, 0.15) is 27.4 Å². The van der Waals surface area contributed by atoms with E-state index >= 15 is 0 Å². The van der Waals surface area contributed by atoms with Gasteiger partial charge < -0.3 is 24.3 Å². The van der Waals surface area contributed by atoms with Crippen LogP contribution in [-0.4, -0.2) is 65.9 Å². The Labute approximate surface area is 201 Å². The number of nitrogens with zero attached hydrogens (tertiary/aromatic N) is 3. The van der Waals surface area contributed by atoms with Crippen LogP contribution in [0.3, 0.4) is 0 Å². The standard InChI is InChI=1S/C24H26N4O5S/c1-32-12-10-28(23(31)20-7-4-11-33-20)15-21(29)26-24-25-19(16-34-24)13-22(30)27-9-8-17-5-2-3-6-18(17)14-27/h2-7,11,16H,8-10,12-15H2,1H3,(H,25,26,29). The van der Waals surface area contributed by atoms with Gasteiger partial charge in [-0.05, 0) is 29.7 Å². The topological polar surface area (TPSA) is 105 Å². The fourth-order valence-corrected chi connectivity index (χ4v) is 4.49. The number of hydrogen-bond donors (Lipinski definition) is 1. The van der Waals surface area contributed by atoms with Crippen LogP contribution in [0.25, 0.3) is 0 Å². The molecular weight excluding hydrogens is 456 g/mol. The van der Waals surface area contributed by atoms with E-state index < -0.39 is 11.8 Å². The number of hydrogen-bond acceptors (Lipinski definition) is 7. The van der Waals surface area contributed by atoms with Crippen LogP contribution < -0.4 is 5.32 Å². The highest BCUT2D eigenvalue weighted by Gasteiger charge is 2.23. The number of rotatable bonds is 9. The van der Waals surface area contributed by atoms with Gasteiger partial charge in [0, 0.05) is 32.1 Å². The Kier molecular flexibility index (Phi) is 7.71. The minimum atomic E-state index is -0.397. The molecule has 1 aliphatic rings. The van der Waals surface area contributed by atoms with Crippen molar-refractivity contribution < 1.29 is 23.5 Å². The van der Waals surface area contributed by atoms with Crippen molar-refractivity contribution >= 4 is 34.2 Å². The molecule has 0 saturated carbocycles. The SMILES string of the molecule is COCCN(CC(=O)Nc1nc(CC(=O)N2CCc3ccccc3C2)cs1)C(=O)c1ccco1. The normalized spacial score (nSPS) is 12.8. The van der Waals surface area contributed by atoms with Crippen molar-refractivity contribution in [3.63, 3.8) is 0 Å². The van der Waals surface area contributed by atoms with Crippen LogP contribution in [0.4, 0.5) is 5.13 Å². The molecular formula is C24H26N4O5S. The summed E-state index contributed by atoms with van der Waals surface area (Å²) >= 11 is 1.25. The zero-order valence-electron chi connectivity index (χ0n) is 18.9. The second-order valence-electron chi connectivity index (χ2n) is 7.90. The smallest absolute Gasteiger partial charge is 0.290 e. The summed E-state index contributed by atoms with van der Waals surface area (Å²) in [6.07, 6.45) is 2.42. The fourth-order valence-electron chi connectivity index (χ4n) is 3.76. The van der Waals surface area contributed by atoms with E-state index in [1.54, 1.807) is 17.5 Å². The van der Waals surface area contributed by atoms with E-state index in [0.717, 1.165) is 6.42 Å². The Morgan fingerprint density at radius 3 is 2.79 bits per heavy atom. The minimum Gasteiger partial charge on any atom is -0.459 e. The van der Waals surface area contributed by atoms with Crippen LogP contribution in [0, 0.1) is 0 Å². The number of nitrogens with one attached hydrogen (secondary N) is 1. The number of carbonyl (C=O) groups is 3. The summed E-state index contributed by atoms with van der Waals surface area (Å²) in [4.78, 5) is 45.5. The number of ether oxygens (including phenoxy) is 1. The molecule has 3 aromatic rings. The molecule has 2 aromatic heterocycles. The van der Waals surface area contributed by atoms with Crippen molar-refractivity contribution in [1.29, 1.82) is 0 Å². The number of aromatic nitrogens is 1. The molecule has 0 aliphatic carbocycles. The molecule has 4 rings (SSSR count). The van der Waals surface area contributed by atoms with E-state index in [1.165, 1.54) is 40.7 Å². The molecule has 0 bridgehead atoms. The predicted molar refractivity (Wildman–Crippen MR) is 126 cm³/mol. The molecule has 0 radical (unpaired) electrons. The Balaban J connectivity index is 1.31. The molecule has 0 saturated heterocycles. The Morgan fingerprint density at radius 1 is 1.21 bits per heavy atom. The first-order valence-corrected chi connectivity index (χ1v) is 11.8. The van der Waals surface area contributed by atoms with Gasteiger partial charge in [0.2, 0.25) is 11.8 Å². The number of amides is 3. The van der Waals surface area contributed by atoms with Crippen LogP contribution in [0.2, 0.25) is 0 Å². The van der Waals surface area contributed by atoms with Crippen LogP contribution in [0.5, 0.6) is 0 Å². The monoisotopic (exact) mass is 482 g/mol. The molecule has 0 spiro atoms. The second-order valence-corrected chi connectivity index (χ2v) is 8.76. The van der Waals surface area contributed by atoms with Crippen molar-refractivity contribution in [3.8, 4) is 0 Å². The quantitative estimate of drug-likeness (QED) is 0.503. The highest BCUT2D eigenvalue weighted by atomic mass is 32.1. The highest BCUT2D eigenvalue weighted by molar-refractivity contribution is 7.13. The summed E-state index contributed by atoms with van der Waals surface area (Å²) in [5.74, 6) is -0.631. The fraction of sp³-hybridized carbons (Fsp3) is 0.333. The number of methoxy groups -OCH3 is 1. The first-order chi connectivity index (χ1) is 16.5. The van der Waals surface area contributed by atoms with Gasteiger partial charge in [-0.2, -0.15) is 0 Å². The summed E-state index contributed by atoms with van der Waals surface area (Å²) < 4.78 is 10.2. The van der Waals surface area contributed by atoms with Gasteiger partial charge in [-0.3, -0.25) is 14.4 Å². The summed E-state index contributed by atoms with van der Waals surface area (Å²) in [6, 6.07) is 11.3. The predicted octanol–water partition coefficient (Wildman–Crippen LogP) is 2.59. The second kappa shape index (κ2) is 11.1. The zero-order chi connectivity index (χ0) is 23.9. The largest absolute Gasteiger partial charge is 0.459 e. The van der Waals surface area contributed by atoms with Crippen molar-refractivity contribution in [2.75, 3.05) is 38.7 Å². The molecule has 178 valence electrons. The van der Waals surface area contributed by atoms with Gasteiger partial charge >= 0.3 is 0 Å². The molecule has 1 aromatic carbocycles. The molecule has 1 N–H and O–H groups in total. The van der Waals surface area contributed by atoms with Crippen molar-refractivity contribution in [2.24, 2.45) is 0 Å². The highest BCUT2D eigenvalue weighted by Crippen LogP contribution is 2.21. The molecule has 3 amide bonds. The Morgan fingerprint density at radius 2 is 2.03 bits per heavy atom. The van der Waals surface area contributed by atoms with Crippen LogP contribution in [-0.2, 0) is 33.7 Å². The van der Waals surface area contributed by atoms with Gasteiger partial charge in [0.1, 0.15) is 6.54 Å². The Bertz CT molecular complexity index is 1140. The molecule has 0 atom stereocenters. The first kappa shape index (κ1) is 23.7. The van der Waals surface area contributed by atoms with E-state index in [9.17, 15) is 14.4 Å². The maximum Gasteiger partial charge on any atom is 0.290 e. The molecule has 10 heteroatoms. The maximum absolute atomic E-state index is 12.8. The van der Waals surface area contributed by atoms with Crippen LogP contribution in [0.15, 0.2) is 52.5 Å². The van der Waals surface area contributed by atoms with Gasteiger partial charge in [0.15, 0.2) is 10.9 Å². The summed E-state index contributed by atoms with van der Waals surface area (Å²) in [7, 11) is 1.52. The Hall–Kier alpha value is -3.50. The molecule has 1 aliphatic heterocycles.